The summed E-state index contributed by atoms with van der Waals surface area (Å²) >= 11 is 0. The summed E-state index contributed by atoms with van der Waals surface area (Å²) in [6.45, 7) is 11.1. The quantitative estimate of drug-likeness (QED) is 0.805. The normalized spacial score (nSPS) is 32.5. The topological polar surface area (TPSA) is 26.7 Å². The number of aliphatic hydroxyl groups is 1. The summed E-state index contributed by atoms with van der Waals surface area (Å²) < 4.78 is 0. The average molecular weight is 240 g/mol. The zero-order valence-electron chi connectivity index (χ0n) is 11.4. The monoisotopic (exact) mass is 240 g/mol. The van der Waals surface area contributed by atoms with Crippen molar-refractivity contribution in [2.45, 2.75) is 39.2 Å². The summed E-state index contributed by atoms with van der Waals surface area (Å²) in [5, 5.41) is 9.22. The summed E-state index contributed by atoms with van der Waals surface area (Å²) in [4.78, 5) is 5.25. The van der Waals surface area contributed by atoms with E-state index in [4.69, 9.17) is 0 Å². The zero-order chi connectivity index (χ0) is 12.3. The van der Waals surface area contributed by atoms with E-state index < -0.39 is 0 Å². The van der Waals surface area contributed by atoms with Gasteiger partial charge in [-0.25, -0.2) is 0 Å². The van der Waals surface area contributed by atoms with Crippen molar-refractivity contribution in [3.8, 4) is 0 Å². The highest BCUT2D eigenvalue weighted by atomic mass is 16.3. The highest BCUT2D eigenvalue weighted by Crippen LogP contribution is 2.23. The van der Waals surface area contributed by atoms with Gasteiger partial charge in [0.15, 0.2) is 0 Å². The van der Waals surface area contributed by atoms with Gasteiger partial charge in [-0.3, -0.25) is 4.90 Å². The molecule has 3 nitrogen and oxygen atoms in total. The molecule has 2 heterocycles. The molecule has 2 unspecified atom stereocenters. The number of rotatable bonds is 4. The van der Waals surface area contributed by atoms with E-state index >= 15 is 0 Å². The lowest BCUT2D eigenvalue weighted by Gasteiger charge is -2.38. The standard InChI is InChI=1S/C14H28N2O/c1-12(2)8-15-6-3-4-14(10-15)16-7-5-13(9-16)11-17/h12-14,17H,3-11H2,1-2H3. The van der Waals surface area contributed by atoms with Crippen molar-refractivity contribution < 1.29 is 5.11 Å². The Balaban J connectivity index is 1.81. The predicted octanol–water partition coefficient (Wildman–Crippen LogP) is 1.42. The van der Waals surface area contributed by atoms with E-state index in [1.165, 1.54) is 45.4 Å². The van der Waals surface area contributed by atoms with Gasteiger partial charge in [0.1, 0.15) is 0 Å². The molecule has 0 aromatic rings. The Hall–Kier alpha value is -0.120. The molecular weight excluding hydrogens is 212 g/mol. The smallest absolute Gasteiger partial charge is 0.0471 e. The van der Waals surface area contributed by atoms with Crippen LogP contribution in [0.5, 0.6) is 0 Å². The van der Waals surface area contributed by atoms with Crippen molar-refractivity contribution in [2.24, 2.45) is 11.8 Å². The van der Waals surface area contributed by atoms with Gasteiger partial charge in [0, 0.05) is 32.3 Å². The van der Waals surface area contributed by atoms with E-state index in [0.29, 0.717) is 12.5 Å². The number of hydrogen-bond donors (Lipinski definition) is 1. The fraction of sp³-hybridized carbons (Fsp3) is 1.00. The molecule has 2 aliphatic rings. The predicted molar refractivity (Wildman–Crippen MR) is 71.1 cm³/mol. The number of hydrogen-bond acceptors (Lipinski definition) is 3. The van der Waals surface area contributed by atoms with E-state index in [9.17, 15) is 5.11 Å². The molecule has 2 saturated heterocycles. The molecule has 2 fully saturated rings. The molecule has 100 valence electrons. The van der Waals surface area contributed by atoms with Gasteiger partial charge in [-0.15, -0.1) is 0 Å². The van der Waals surface area contributed by atoms with Gasteiger partial charge in [-0.2, -0.15) is 0 Å². The minimum atomic E-state index is 0.374. The molecule has 0 spiro atoms. The lowest BCUT2D eigenvalue weighted by atomic mass is 10.0. The lowest BCUT2D eigenvalue weighted by Crippen LogP contribution is -2.48. The van der Waals surface area contributed by atoms with Gasteiger partial charge in [0.25, 0.3) is 0 Å². The fourth-order valence-electron chi connectivity index (χ4n) is 3.35. The fourth-order valence-corrected chi connectivity index (χ4v) is 3.35. The van der Waals surface area contributed by atoms with Crippen molar-refractivity contribution in [1.82, 2.24) is 9.80 Å². The SMILES string of the molecule is CC(C)CN1CCCC(N2CCC(CO)C2)C1. The Morgan fingerprint density at radius 1 is 1.18 bits per heavy atom. The summed E-state index contributed by atoms with van der Waals surface area (Å²) in [5.74, 6) is 1.31. The first-order valence-electron chi connectivity index (χ1n) is 7.26. The minimum Gasteiger partial charge on any atom is -0.396 e. The number of likely N-dealkylation sites (tertiary alicyclic amines) is 2. The van der Waals surface area contributed by atoms with Crippen LogP contribution in [0.3, 0.4) is 0 Å². The van der Waals surface area contributed by atoms with Gasteiger partial charge in [-0.05, 0) is 44.2 Å². The summed E-state index contributed by atoms with van der Waals surface area (Å²) in [6, 6.07) is 0.749. The number of aliphatic hydroxyl groups excluding tert-OH is 1. The van der Waals surface area contributed by atoms with Crippen LogP contribution in [-0.4, -0.2) is 60.3 Å². The highest BCUT2D eigenvalue weighted by molar-refractivity contribution is 4.86. The Labute approximate surface area is 106 Å². The Morgan fingerprint density at radius 2 is 2.00 bits per heavy atom. The lowest BCUT2D eigenvalue weighted by molar-refractivity contribution is 0.101. The molecule has 0 bridgehead atoms. The van der Waals surface area contributed by atoms with Gasteiger partial charge in [0.05, 0.1) is 0 Å². The van der Waals surface area contributed by atoms with Gasteiger partial charge < -0.3 is 10.0 Å². The Bertz CT molecular complexity index is 232. The van der Waals surface area contributed by atoms with Crippen molar-refractivity contribution in [3.63, 3.8) is 0 Å². The largest absolute Gasteiger partial charge is 0.396 e. The molecule has 2 rings (SSSR count). The molecule has 0 saturated carbocycles. The third-order valence-corrected chi connectivity index (χ3v) is 4.20. The minimum absolute atomic E-state index is 0.374. The molecule has 2 atom stereocenters. The van der Waals surface area contributed by atoms with E-state index in [1.807, 2.05) is 0 Å². The van der Waals surface area contributed by atoms with Crippen LogP contribution in [0.4, 0.5) is 0 Å². The summed E-state index contributed by atoms with van der Waals surface area (Å²) in [5.41, 5.74) is 0. The van der Waals surface area contributed by atoms with Crippen molar-refractivity contribution in [1.29, 1.82) is 0 Å². The van der Waals surface area contributed by atoms with Gasteiger partial charge >= 0.3 is 0 Å². The Kier molecular flexibility index (Phi) is 4.83. The van der Waals surface area contributed by atoms with Gasteiger partial charge in [-0.1, -0.05) is 13.8 Å². The molecule has 1 N–H and O–H groups in total. The Morgan fingerprint density at radius 3 is 2.65 bits per heavy atom. The summed E-state index contributed by atoms with van der Waals surface area (Å²) in [6.07, 6.45) is 3.89. The molecule has 0 amide bonds. The highest BCUT2D eigenvalue weighted by Gasteiger charge is 2.30. The van der Waals surface area contributed by atoms with Crippen LogP contribution < -0.4 is 0 Å². The molecule has 0 aromatic carbocycles. The third kappa shape index (κ3) is 3.67. The van der Waals surface area contributed by atoms with E-state index in [1.54, 1.807) is 0 Å². The van der Waals surface area contributed by atoms with E-state index in [-0.39, 0.29) is 0 Å². The van der Waals surface area contributed by atoms with E-state index in [0.717, 1.165) is 18.5 Å². The first-order chi connectivity index (χ1) is 8.19. The van der Waals surface area contributed by atoms with Crippen LogP contribution in [0.1, 0.15) is 33.1 Å². The third-order valence-electron chi connectivity index (χ3n) is 4.20. The zero-order valence-corrected chi connectivity index (χ0v) is 11.4. The summed E-state index contributed by atoms with van der Waals surface area (Å²) in [7, 11) is 0. The van der Waals surface area contributed by atoms with Gasteiger partial charge in [0.2, 0.25) is 0 Å². The van der Waals surface area contributed by atoms with Crippen molar-refractivity contribution in [2.75, 3.05) is 39.3 Å². The van der Waals surface area contributed by atoms with Crippen LogP contribution in [0.25, 0.3) is 0 Å². The number of nitrogens with zero attached hydrogens (tertiary/aromatic N) is 2. The molecule has 17 heavy (non-hydrogen) atoms. The first kappa shape index (κ1) is 13.3. The maximum atomic E-state index is 9.22. The maximum absolute atomic E-state index is 9.22. The van der Waals surface area contributed by atoms with Crippen molar-refractivity contribution >= 4 is 0 Å². The molecule has 0 aromatic heterocycles. The van der Waals surface area contributed by atoms with Crippen LogP contribution in [0.2, 0.25) is 0 Å². The van der Waals surface area contributed by atoms with Crippen LogP contribution in [-0.2, 0) is 0 Å². The maximum Gasteiger partial charge on any atom is 0.0471 e. The van der Waals surface area contributed by atoms with Crippen molar-refractivity contribution in [3.05, 3.63) is 0 Å². The number of piperidine rings is 1. The second-order valence-electron chi connectivity index (χ2n) is 6.28. The molecule has 0 radical (unpaired) electrons. The molecule has 0 aliphatic carbocycles. The van der Waals surface area contributed by atoms with E-state index in [2.05, 4.69) is 23.6 Å². The molecular formula is C14H28N2O. The van der Waals surface area contributed by atoms with Crippen LogP contribution >= 0.6 is 0 Å². The average Bonchev–Trinajstić information content (AvgIpc) is 2.77. The molecule has 2 aliphatic heterocycles. The van der Waals surface area contributed by atoms with Crippen LogP contribution in [0, 0.1) is 11.8 Å². The molecule has 3 heteroatoms. The van der Waals surface area contributed by atoms with Crippen LogP contribution in [0.15, 0.2) is 0 Å². The second kappa shape index (κ2) is 6.17. The second-order valence-corrected chi connectivity index (χ2v) is 6.28. The first-order valence-corrected chi connectivity index (χ1v) is 7.26.